The number of nitrogens with zero attached hydrogens (tertiary/aromatic N) is 4. The van der Waals surface area contributed by atoms with Gasteiger partial charge in [0.05, 0.1) is 18.3 Å². The van der Waals surface area contributed by atoms with E-state index < -0.39 is 0 Å². The van der Waals surface area contributed by atoms with Crippen LogP contribution in [0.5, 0.6) is 0 Å². The summed E-state index contributed by atoms with van der Waals surface area (Å²) in [6.45, 7) is 0.549. The van der Waals surface area contributed by atoms with E-state index in [1.165, 1.54) is 0 Å². The summed E-state index contributed by atoms with van der Waals surface area (Å²) in [6.07, 6.45) is 4.96. The quantitative estimate of drug-likeness (QED) is 0.748. The predicted octanol–water partition coefficient (Wildman–Crippen LogP) is -0.0781. The molecule has 7 nitrogen and oxygen atoms in total. The van der Waals surface area contributed by atoms with Crippen LogP contribution in [0, 0.1) is 0 Å². The molecule has 2 aromatic rings. The molecule has 2 aromatic heterocycles. The third-order valence-electron chi connectivity index (χ3n) is 2.64. The predicted molar refractivity (Wildman–Crippen MR) is 56.7 cm³/mol. The van der Waals surface area contributed by atoms with E-state index in [4.69, 9.17) is 4.52 Å². The zero-order chi connectivity index (χ0) is 11.7. The van der Waals surface area contributed by atoms with E-state index in [0.717, 1.165) is 0 Å². The summed E-state index contributed by atoms with van der Waals surface area (Å²) in [5.74, 6) is 0.887. The van der Waals surface area contributed by atoms with Crippen molar-refractivity contribution >= 4 is 0 Å². The Labute approximate surface area is 96.9 Å². The molecule has 0 unspecified atom stereocenters. The van der Waals surface area contributed by atoms with Crippen molar-refractivity contribution in [1.82, 2.24) is 25.4 Å². The molecule has 88 valence electrons. The molecule has 0 aliphatic carbocycles. The van der Waals surface area contributed by atoms with Crippen molar-refractivity contribution in [2.24, 2.45) is 0 Å². The number of aromatic nitrogens is 4. The van der Waals surface area contributed by atoms with Crippen molar-refractivity contribution in [3.8, 4) is 11.5 Å². The second kappa shape index (κ2) is 4.19. The van der Waals surface area contributed by atoms with E-state index in [0.29, 0.717) is 30.4 Å². The Kier molecular flexibility index (Phi) is 2.54. The third kappa shape index (κ3) is 2.02. The molecule has 2 N–H and O–H groups in total. The Hall–Kier alpha value is -1.86. The van der Waals surface area contributed by atoms with Crippen LogP contribution >= 0.6 is 0 Å². The van der Waals surface area contributed by atoms with Gasteiger partial charge in [-0.2, -0.15) is 4.98 Å². The molecular weight excluding hydrogens is 222 g/mol. The molecule has 17 heavy (non-hydrogen) atoms. The van der Waals surface area contributed by atoms with Crippen molar-refractivity contribution in [3.63, 3.8) is 0 Å². The number of hydrogen-bond donors (Lipinski definition) is 2. The highest BCUT2D eigenvalue weighted by Gasteiger charge is 2.28. The van der Waals surface area contributed by atoms with Gasteiger partial charge in [-0.3, -0.25) is 4.98 Å². The Morgan fingerprint density at radius 2 is 2.35 bits per heavy atom. The molecule has 0 amide bonds. The number of aliphatic hydroxyl groups excluding tert-OH is 1. The summed E-state index contributed by atoms with van der Waals surface area (Å²) in [7, 11) is 0. The van der Waals surface area contributed by atoms with Crippen LogP contribution in [0.1, 0.15) is 18.4 Å². The first-order chi connectivity index (χ1) is 8.33. The van der Waals surface area contributed by atoms with E-state index in [9.17, 15) is 5.11 Å². The Bertz CT molecular complexity index is 500. The molecule has 1 fully saturated rings. The standard InChI is InChI=1S/C10H11N5O2/c16-6-3-7(13-4-6)10-14-9(15-17-10)8-5-11-1-2-12-8/h1-2,5-7,13,16H,3-4H2/t6-,7-/m0/s1. The topological polar surface area (TPSA) is 97.0 Å². The summed E-state index contributed by atoms with van der Waals surface area (Å²) < 4.78 is 5.15. The number of rotatable bonds is 2. The van der Waals surface area contributed by atoms with Crippen LogP contribution in [0.25, 0.3) is 11.5 Å². The molecule has 1 aliphatic heterocycles. The maximum Gasteiger partial charge on any atom is 0.244 e. The first-order valence-electron chi connectivity index (χ1n) is 5.34. The summed E-state index contributed by atoms with van der Waals surface area (Å²) >= 11 is 0. The van der Waals surface area contributed by atoms with E-state index in [-0.39, 0.29) is 12.1 Å². The van der Waals surface area contributed by atoms with Crippen LogP contribution < -0.4 is 5.32 Å². The lowest BCUT2D eigenvalue weighted by Crippen LogP contribution is -2.15. The minimum atomic E-state index is -0.355. The normalized spacial score (nSPS) is 24.1. The first-order valence-corrected chi connectivity index (χ1v) is 5.34. The number of β-amino-alcohol motifs (C(OH)–C–C–N with tert-alkyl or cyclic N) is 1. The molecular formula is C10H11N5O2. The largest absolute Gasteiger partial charge is 0.392 e. The number of aliphatic hydroxyl groups is 1. The Morgan fingerprint density at radius 1 is 1.41 bits per heavy atom. The minimum Gasteiger partial charge on any atom is -0.392 e. The van der Waals surface area contributed by atoms with Crippen molar-refractivity contribution < 1.29 is 9.63 Å². The van der Waals surface area contributed by atoms with E-state index in [1.54, 1.807) is 18.6 Å². The second-order valence-corrected chi connectivity index (χ2v) is 3.90. The van der Waals surface area contributed by atoms with Crippen LogP contribution in [-0.4, -0.2) is 37.9 Å². The van der Waals surface area contributed by atoms with Gasteiger partial charge < -0.3 is 14.9 Å². The zero-order valence-electron chi connectivity index (χ0n) is 8.95. The van der Waals surface area contributed by atoms with Crippen molar-refractivity contribution in [1.29, 1.82) is 0 Å². The van der Waals surface area contributed by atoms with Gasteiger partial charge in [0.15, 0.2) is 0 Å². The zero-order valence-corrected chi connectivity index (χ0v) is 8.95. The maximum absolute atomic E-state index is 9.41. The van der Waals surface area contributed by atoms with E-state index in [2.05, 4.69) is 25.4 Å². The molecule has 1 aliphatic rings. The van der Waals surface area contributed by atoms with Crippen molar-refractivity contribution in [2.45, 2.75) is 18.6 Å². The van der Waals surface area contributed by atoms with Gasteiger partial charge in [0.2, 0.25) is 11.7 Å². The average molecular weight is 233 g/mol. The molecule has 3 rings (SSSR count). The molecule has 3 heterocycles. The SMILES string of the molecule is O[C@@H]1CN[C@H](c2nc(-c3cnccn3)no2)C1. The minimum absolute atomic E-state index is 0.0806. The van der Waals surface area contributed by atoms with Crippen LogP contribution in [0.15, 0.2) is 23.1 Å². The first kappa shape index (κ1) is 10.3. The molecule has 0 saturated carbocycles. The highest BCUT2D eigenvalue weighted by Crippen LogP contribution is 2.23. The van der Waals surface area contributed by atoms with Crippen LogP contribution in [0.2, 0.25) is 0 Å². The molecule has 1 saturated heterocycles. The average Bonchev–Trinajstić information content (AvgIpc) is 2.98. The van der Waals surface area contributed by atoms with E-state index in [1.807, 2.05) is 0 Å². The van der Waals surface area contributed by atoms with Gasteiger partial charge in [0.1, 0.15) is 5.69 Å². The summed E-state index contributed by atoms with van der Waals surface area (Å²) in [5.41, 5.74) is 0.570. The van der Waals surface area contributed by atoms with Crippen molar-refractivity contribution in [3.05, 3.63) is 24.5 Å². The maximum atomic E-state index is 9.41. The summed E-state index contributed by atoms with van der Waals surface area (Å²) in [5, 5.41) is 16.4. The van der Waals surface area contributed by atoms with Gasteiger partial charge in [-0.25, -0.2) is 4.98 Å². The van der Waals surface area contributed by atoms with E-state index >= 15 is 0 Å². The van der Waals surface area contributed by atoms with Gasteiger partial charge in [-0.15, -0.1) is 0 Å². The molecule has 7 heteroatoms. The summed E-state index contributed by atoms with van der Waals surface area (Å²) in [4.78, 5) is 12.3. The Morgan fingerprint density at radius 3 is 3.06 bits per heavy atom. The van der Waals surface area contributed by atoms with Gasteiger partial charge in [-0.05, 0) is 6.42 Å². The van der Waals surface area contributed by atoms with Gasteiger partial charge in [0, 0.05) is 18.9 Å². The molecule has 0 bridgehead atoms. The van der Waals surface area contributed by atoms with Crippen LogP contribution in [-0.2, 0) is 0 Å². The molecule has 0 radical (unpaired) electrons. The fourth-order valence-electron chi connectivity index (χ4n) is 1.80. The van der Waals surface area contributed by atoms with Crippen LogP contribution in [0.3, 0.4) is 0 Å². The Balaban J connectivity index is 1.84. The highest BCUT2D eigenvalue weighted by atomic mass is 16.5. The third-order valence-corrected chi connectivity index (χ3v) is 2.64. The molecule has 0 spiro atoms. The van der Waals surface area contributed by atoms with Gasteiger partial charge >= 0.3 is 0 Å². The fraction of sp³-hybridized carbons (Fsp3) is 0.400. The molecule has 0 aromatic carbocycles. The number of nitrogens with one attached hydrogen (secondary N) is 1. The van der Waals surface area contributed by atoms with Gasteiger partial charge in [-0.1, -0.05) is 5.16 Å². The lowest BCUT2D eigenvalue weighted by atomic mass is 10.2. The number of hydrogen-bond acceptors (Lipinski definition) is 7. The monoisotopic (exact) mass is 233 g/mol. The molecule has 2 atom stereocenters. The second-order valence-electron chi connectivity index (χ2n) is 3.90. The van der Waals surface area contributed by atoms with Crippen LogP contribution in [0.4, 0.5) is 0 Å². The fourth-order valence-corrected chi connectivity index (χ4v) is 1.80. The lowest BCUT2D eigenvalue weighted by molar-refractivity contribution is 0.191. The van der Waals surface area contributed by atoms with Crippen molar-refractivity contribution in [2.75, 3.05) is 6.54 Å². The van der Waals surface area contributed by atoms with Gasteiger partial charge in [0.25, 0.3) is 0 Å². The summed E-state index contributed by atoms with van der Waals surface area (Å²) in [6, 6.07) is -0.0806. The smallest absolute Gasteiger partial charge is 0.244 e. The lowest BCUT2D eigenvalue weighted by Gasteiger charge is -2.01. The highest BCUT2D eigenvalue weighted by molar-refractivity contribution is 5.45.